The lowest BCUT2D eigenvalue weighted by Crippen LogP contribution is -2.41. The van der Waals surface area contributed by atoms with Crippen LogP contribution in [0.5, 0.6) is 0 Å². The molecule has 25 heavy (non-hydrogen) atoms. The normalized spacial score (nSPS) is 23.7. The SMILES string of the molecule is Cl.NC1CCCC(C(=O)N(Cc2ccc(C(F)(F)F)cc2)C2CC2)C1. The van der Waals surface area contributed by atoms with E-state index in [2.05, 4.69) is 0 Å². The quantitative estimate of drug-likeness (QED) is 0.858. The number of carbonyl (C=O) groups excluding carboxylic acids is 1. The third-order valence-electron chi connectivity index (χ3n) is 4.97. The molecule has 0 spiro atoms. The molecule has 0 bridgehead atoms. The van der Waals surface area contributed by atoms with Gasteiger partial charge in [-0.05, 0) is 49.8 Å². The highest BCUT2D eigenvalue weighted by Gasteiger charge is 2.37. The maximum absolute atomic E-state index is 12.8. The zero-order valence-corrected chi connectivity index (χ0v) is 14.8. The first-order chi connectivity index (χ1) is 11.3. The van der Waals surface area contributed by atoms with Gasteiger partial charge < -0.3 is 10.6 Å². The molecule has 0 heterocycles. The summed E-state index contributed by atoms with van der Waals surface area (Å²) < 4.78 is 38.0. The summed E-state index contributed by atoms with van der Waals surface area (Å²) in [6, 6.07) is 5.43. The molecule has 2 saturated carbocycles. The van der Waals surface area contributed by atoms with E-state index in [0.717, 1.165) is 56.2 Å². The van der Waals surface area contributed by atoms with Crippen molar-refractivity contribution in [2.45, 2.75) is 63.3 Å². The summed E-state index contributed by atoms with van der Waals surface area (Å²) in [5.74, 6) is 0.0800. The van der Waals surface area contributed by atoms with Crippen LogP contribution >= 0.6 is 12.4 Å². The van der Waals surface area contributed by atoms with Crippen molar-refractivity contribution in [3.63, 3.8) is 0 Å². The van der Waals surface area contributed by atoms with E-state index in [-0.39, 0.29) is 36.3 Å². The number of hydrogen-bond acceptors (Lipinski definition) is 2. The first kappa shape index (κ1) is 20.0. The van der Waals surface area contributed by atoms with Crippen LogP contribution in [0.2, 0.25) is 0 Å². The summed E-state index contributed by atoms with van der Waals surface area (Å²) in [7, 11) is 0. The van der Waals surface area contributed by atoms with Gasteiger partial charge in [0.15, 0.2) is 0 Å². The average Bonchev–Trinajstić information content (AvgIpc) is 3.36. The van der Waals surface area contributed by atoms with Gasteiger partial charge in [-0.1, -0.05) is 18.6 Å². The lowest BCUT2D eigenvalue weighted by molar-refractivity contribution is -0.139. The molecule has 1 aromatic carbocycles. The van der Waals surface area contributed by atoms with Gasteiger partial charge in [-0.2, -0.15) is 13.2 Å². The molecular weight excluding hydrogens is 353 g/mol. The standard InChI is InChI=1S/C18H23F3N2O.ClH/c19-18(20,21)14-6-4-12(5-7-14)11-23(16-8-9-16)17(24)13-2-1-3-15(22)10-13;/h4-7,13,15-16H,1-3,8-11,22H2;1H. The van der Waals surface area contributed by atoms with E-state index in [9.17, 15) is 18.0 Å². The van der Waals surface area contributed by atoms with Gasteiger partial charge in [-0.25, -0.2) is 0 Å². The molecule has 140 valence electrons. The van der Waals surface area contributed by atoms with Gasteiger partial charge in [-0.3, -0.25) is 4.79 Å². The molecule has 2 aliphatic rings. The number of nitrogens with two attached hydrogens (primary N) is 1. The molecular formula is C18H24ClF3N2O. The Labute approximate surface area is 152 Å². The van der Waals surface area contributed by atoms with Crippen LogP contribution in [-0.4, -0.2) is 22.9 Å². The smallest absolute Gasteiger partial charge is 0.335 e. The fourth-order valence-electron chi connectivity index (χ4n) is 3.46. The number of halogens is 4. The summed E-state index contributed by atoms with van der Waals surface area (Å²) in [6.45, 7) is 0.382. The van der Waals surface area contributed by atoms with Crippen molar-refractivity contribution < 1.29 is 18.0 Å². The fourth-order valence-corrected chi connectivity index (χ4v) is 3.46. The van der Waals surface area contributed by atoms with Crippen molar-refractivity contribution in [1.82, 2.24) is 4.90 Å². The summed E-state index contributed by atoms with van der Waals surface area (Å²) in [5.41, 5.74) is 6.07. The molecule has 0 radical (unpaired) electrons. The largest absolute Gasteiger partial charge is 0.416 e. The second kappa shape index (κ2) is 7.96. The number of nitrogens with zero attached hydrogens (tertiary/aromatic N) is 1. The van der Waals surface area contributed by atoms with Gasteiger partial charge >= 0.3 is 6.18 Å². The number of alkyl halides is 3. The number of benzene rings is 1. The Morgan fingerprint density at radius 3 is 2.28 bits per heavy atom. The van der Waals surface area contributed by atoms with Crippen LogP contribution in [0, 0.1) is 5.92 Å². The number of rotatable bonds is 4. The van der Waals surface area contributed by atoms with Crippen molar-refractivity contribution in [3.8, 4) is 0 Å². The first-order valence-corrected chi connectivity index (χ1v) is 8.57. The van der Waals surface area contributed by atoms with Crippen LogP contribution in [-0.2, 0) is 17.5 Å². The minimum atomic E-state index is -4.33. The lowest BCUT2D eigenvalue weighted by Gasteiger charge is -2.31. The average molecular weight is 377 g/mol. The highest BCUT2D eigenvalue weighted by atomic mass is 35.5. The lowest BCUT2D eigenvalue weighted by atomic mass is 9.85. The molecule has 7 heteroatoms. The van der Waals surface area contributed by atoms with E-state index in [1.807, 2.05) is 4.90 Å². The van der Waals surface area contributed by atoms with Crippen LogP contribution in [0.15, 0.2) is 24.3 Å². The zero-order valence-electron chi connectivity index (χ0n) is 14.0. The van der Waals surface area contributed by atoms with Crippen LogP contribution in [0.3, 0.4) is 0 Å². The maximum Gasteiger partial charge on any atom is 0.416 e. The van der Waals surface area contributed by atoms with Crippen molar-refractivity contribution in [1.29, 1.82) is 0 Å². The zero-order chi connectivity index (χ0) is 17.3. The molecule has 3 rings (SSSR count). The Kier molecular flexibility index (Phi) is 6.38. The Morgan fingerprint density at radius 1 is 1.12 bits per heavy atom. The predicted molar refractivity (Wildman–Crippen MR) is 92.2 cm³/mol. The second-order valence-corrected chi connectivity index (χ2v) is 7.02. The van der Waals surface area contributed by atoms with Crippen molar-refractivity contribution in [2.24, 2.45) is 11.7 Å². The molecule has 2 N–H and O–H groups in total. The third-order valence-corrected chi connectivity index (χ3v) is 4.97. The van der Waals surface area contributed by atoms with E-state index in [4.69, 9.17) is 5.73 Å². The van der Waals surface area contributed by atoms with Gasteiger partial charge in [-0.15, -0.1) is 12.4 Å². The summed E-state index contributed by atoms with van der Waals surface area (Å²) in [5, 5.41) is 0. The van der Waals surface area contributed by atoms with Gasteiger partial charge in [0.2, 0.25) is 5.91 Å². The highest BCUT2D eigenvalue weighted by molar-refractivity contribution is 5.85. The second-order valence-electron chi connectivity index (χ2n) is 7.02. The van der Waals surface area contributed by atoms with Crippen LogP contribution in [0.4, 0.5) is 13.2 Å². The Bertz CT molecular complexity index is 587. The maximum atomic E-state index is 12.8. The van der Waals surface area contributed by atoms with Crippen LogP contribution in [0.1, 0.15) is 49.7 Å². The monoisotopic (exact) mass is 376 g/mol. The molecule has 1 aromatic rings. The topological polar surface area (TPSA) is 46.3 Å². The predicted octanol–water partition coefficient (Wildman–Crippen LogP) is 4.14. The molecule has 2 unspecified atom stereocenters. The van der Waals surface area contributed by atoms with Gasteiger partial charge in [0.1, 0.15) is 0 Å². The minimum Gasteiger partial charge on any atom is -0.335 e. The van der Waals surface area contributed by atoms with Gasteiger partial charge in [0, 0.05) is 24.5 Å². The van der Waals surface area contributed by atoms with E-state index in [1.54, 1.807) is 0 Å². The molecule has 3 nitrogen and oxygen atoms in total. The fraction of sp³-hybridized carbons (Fsp3) is 0.611. The minimum absolute atomic E-state index is 0. The number of amides is 1. The van der Waals surface area contributed by atoms with Crippen LogP contribution in [0.25, 0.3) is 0 Å². The van der Waals surface area contributed by atoms with E-state index in [0.29, 0.717) is 6.54 Å². The van der Waals surface area contributed by atoms with Gasteiger partial charge in [0.25, 0.3) is 0 Å². The summed E-state index contributed by atoms with van der Waals surface area (Å²) >= 11 is 0. The van der Waals surface area contributed by atoms with E-state index in [1.165, 1.54) is 12.1 Å². The molecule has 2 atom stereocenters. The molecule has 2 aliphatic carbocycles. The van der Waals surface area contributed by atoms with Crippen molar-refractivity contribution >= 4 is 18.3 Å². The van der Waals surface area contributed by atoms with Crippen molar-refractivity contribution in [2.75, 3.05) is 0 Å². The van der Waals surface area contributed by atoms with Crippen LogP contribution < -0.4 is 5.73 Å². The van der Waals surface area contributed by atoms with E-state index < -0.39 is 11.7 Å². The highest BCUT2D eigenvalue weighted by Crippen LogP contribution is 2.34. The molecule has 0 saturated heterocycles. The molecule has 1 amide bonds. The third kappa shape index (κ3) is 5.11. The first-order valence-electron chi connectivity index (χ1n) is 8.57. The Balaban J connectivity index is 0.00000225. The summed E-state index contributed by atoms with van der Waals surface area (Å²) in [4.78, 5) is 14.7. The van der Waals surface area contributed by atoms with Crippen molar-refractivity contribution in [3.05, 3.63) is 35.4 Å². The Morgan fingerprint density at radius 2 is 1.76 bits per heavy atom. The molecule has 0 aliphatic heterocycles. The van der Waals surface area contributed by atoms with E-state index >= 15 is 0 Å². The number of carbonyl (C=O) groups is 1. The molecule has 0 aromatic heterocycles. The number of hydrogen-bond donors (Lipinski definition) is 1. The molecule has 2 fully saturated rings. The Hall–Kier alpha value is -1.27. The van der Waals surface area contributed by atoms with Gasteiger partial charge in [0.05, 0.1) is 5.56 Å². The summed E-state index contributed by atoms with van der Waals surface area (Å²) in [6.07, 6.45) is 1.14.